The van der Waals surface area contributed by atoms with Crippen LogP contribution >= 0.6 is 0 Å². The number of fused-ring (bicyclic) bond motifs is 2. The Balaban J connectivity index is 0.00000308. The molecule has 2 heterocycles. The molecule has 1 aliphatic heterocycles. The van der Waals surface area contributed by atoms with Crippen molar-refractivity contribution >= 4 is 22.2 Å². The van der Waals surface area contributed by atoms with Crippen LogP contribution in [0, 0.1) is 0 Å². The number of alkyl halides is 1. The molecule has 0 bridgehead atoms. The molecule has 5 nitrogen and oxygen atoms in total. The summed E-state index contributed by atoms with van der Waals surface area (Å²) >= 11 is 0. The molecule has 0 spiro atoms. The van der Waals surface area contributed by atoms with Crippen molar-refractivity contribution in [2.24, 2.45) is 7.05 Å². The minimum atomic E-state index is -0.264. The van der Waals surface area contributed by atoms with E-state index in [-0.39, 0.29) is 20.2 Å². The van der Waals surface area contributed by atoms with Crippen molar-refractivity contribution < 1.29 is 14.2 Å². The van der Waals surface area contributed by atoms with E-state index >= 15 is 0 Å². The highest BCUT2D eigenvalue weighted by atomic mass is 19.1. The number of likely N-dealkylation sites (tertiary alicyclic amines) is 1. The van der Waals surface area contributed by atoms with Gasteiger partial charge in [0.05, 0.1) is 24.0 Å². The van der Waals surface area contributed by atoms with Gasteiger partial charge in [-0.05, 0) is 102 Å². The number of benzene rings is 3. The number of nitrogens with zero attached hydrogens (tertiary/aromatic N) is 3. The van der Waals surface area contributed by atoms with E-state index < -0.39 is 0 Å². The molecule has 204 valence electrons. The summed E-state index contributed by atoms with van der Waals surface area (Å²) in [5.74, 6) is 1.17. The molecule has 6 heteroatoms. The van der Waals surface area contributed by atoms with Crippen molar-refractivity contribution in [3.05, 3.63) is 89.2 Å². The fourth-order valence-corrected chi connectivity index (χ4v) is 5.99. The van der Waals surface area contributed by atoms with Crippen molar-refractivity contribution in [2.75, 3.05) is 26.3 Å². The Hall–Kier alpha value is -3.64. The average Bonchev–Trinajstić information content (AvgIpc) is 3.48. The van der Waals surface area contributed by atoms with E-state index in [9.17, 15) is 9.50 Å². The molecule has 4 aromatic rings. The van der Waals surface area contributed by atoms with Crippen molar-refractivity contribution in [2.45, 2.75) is 45.6 Å². The average molecular weight is 528 g/mol. The minimum Gasteiger partial charge on any atom is -0.508 e. The summed E-state index contributed by atoms with van der Waals surface area (Å²) in [7, 11) is 2.02. The largest absolute Gasteiger partial charge is 0.508 e. The zero-order chi connectivity index (χ0) is 26.1. The van der Waals surface area contributed by atoms with Crippen LogP contribution in [-0.2, 0) is 13.5 Å². The van der Waals surface area contributed by atoms with Gasteiger partial charge in [-0.25, -0.2) is 4.98 Å². The van der Waals surface area contributed by atoms with Gasteiger partial charge in [0.25, 0.3) is 0 Å². The molecule has 1 fully saturated rings. The van der Waals surface area contributed by atoms with Gasteiger partial charge in [-0.3, -0.25) is 9.29 Å². The van der Waals surface area contributed by atoms with E-state index in [0.717, 1.165) is 67.7 Å². The lowest BCUT2D eigenvalue weighted by atomic mass is 9.87. The number of rotatable bonds is 7. The van der Waals surface area contributed by atoms with E-state index in [1.54, 1.807) is 6.07 Å². The molecular weight excluding hydrogens is 489 g/mol. The molecule has 3 aromatic carbocycles. The van der Waals surface area contributed by atoms with Gasteiger partial charge in [0.2, 0.25) is 0 Å². The molecule has 1 atom stereocenters. The summed E-state index contributed by atoms with van der Waals surface area (Å²) < 4.78 is 20.9. The Morgan fingerprint density at radius 1 is 1.03 bits per heavy atom. The molecule has 0 radical (unpaired) electrons. The smallest absolute Gasteiger partial charge is 0.119 e. The number of ether oxygens (including phenoxy) is 1. The summed E-state index contributed by atoms with van der Waals surface area (Å²) in [6, 6.07) is 20.7. The van der Waals surface area contributed by atoms with Crippen LogP contribution < -0.4 is 4.74 Å². The van der Waals surface area contributed by atoms with Gasteiger partial charge in [0.15, 0.2) is 0 Å². The lowest BCUT2D eigenvalue weighted by Crippen LogP contribution is -2.26. The first kappa shape index (κ1) is 26.9. The molecule has 1 aliphatic carbocycles. The molecule has 1 aromatic heterocycles. The second-order valence-corrected chi connectivity index (χ2v) is 10.5. The molecule has 1 N–H and O–H groups in total. The van der Waals surface area contributed by atoms with Crippen LogP contribution in [0.4, 0.5) is 4.39 Å². The van der Waals surface area contributed by atoms with E-state index in [1.165, 1.54) is 27.8 Å². The third-order valence-corrected chi connectivity index (χ3v) is 7.89. The Morgan fingerprint density at radius 2 is 1.85 bits per heavy atom. The van der Waals surface area contributed by atoms with Gasteiger partial charge in [0.1, 0.15) is 17.6 Å². The Bertz CT molecular complexity index is 1470. The third kappa shape index (κ3) is 5.57. The summed E-state index contributed by atoms with van der Waals surface area (Å²) in [5, 5.41) is 10.2. The molecule has 6 rings (SSSR count). The Morgan fingerprint density at radius 3 is 2.67 bits per heavy atom. The van der Waals surface area contributed by atoms with Gasteiger partial charge in [-0.15, -0.1) is 0 Å². The summed E-state index contributed by atoms with van der Waals surface area (Å²) in [6.45, 7) is 2.35. The number of aryl methyl sites for hydroxylation is 2. The number of hydrogen-bond acceptors (Lipinski definition) is 4. The highest BCUT2D eigenvalue weighted by molar-refractivity contribution is 6.01. The molecular formula is C33H38FN3O2. The third-order valence-electron chi connectivity index (χ3n) is 7.89. The maximum absolute atomic E-state index is 12.5. The summed E-state index contributed by atoms with van der Waals surface area (Å²) in [5.41, 5.74) is 9.29. The first-order valence-corrected chi connectivity index (χ1v) is 13.6. The van der Waals surface area contributed by atoms with Crippen LogP contribution in [0.25, 0.3) is 22.2 Å². The highest BCUT2D eigenvalue weighted by Gasteiger charge is 2.24. The van der Waals surface area contributed by atoms with Gasteiger partial charge in [0, 0.05) is 26.7 Å². The maximum atomic E-state index is 12.5. The van der Waals surface area contributed by atoms with Crippen molar-refractivity contribution in [3.8, 4) is 11.5 Å². The first-order valence-electron chi connectivity index (χ1n) is 13.6. The second-order valence-electron chi connectivity index (χ2n) is 10.5. The second kappa shape index (κ2) is 11.6. The van der Waals surface area contributed by atoms with Gasteiger partial charge >= 0.3 is 0 Å². The maximum Gasteiger partial charge on any atom is 0.119 e. The molecule has 0 unspecified atom stereocenters. The monoisotopic (exact) mass is 527 g/mol. The Kier molecular flexibility index (Phi) is 8.03. The summed E-state index contributed by atoms with van der Waals surface area (Å²) in [6.07, 6.45) is 6.43. The fourth-order valence-electron chi connectivity index (χ4n) is 5.99. The molecule has 2 aliphatic rings. The number of hydrogen-bond donors (Lipinski definition) is 1. The standard InChI is InChI=1S/C32H34FN3O2.CH4/c1-35-21-34-30-19-24(8-13-31(30)35)28-5-2-4-23-18-25(37)9-12-29(23)32(28)22-6-10-26(11-7-22)38-27-14-17-36(20-27)16-3-15-33;/h6-13,18-19,21,27,37H,2-5,14-17,20H2,1H3;1H4/t27-;/m0./s1. The van der Waals surface area contributed by atoms with Crippen molar-refractivity contribution in [3.63, 3.8) is 0 Å². The van der Waals surface area contributed by atoms with Crippen LogP contribution in [0.15, 0.2) is 67.0 Å². The zero-order valence-corrected chi connectivity index (χ0v) is 21.9. The van der Waals surface area contributed by atoms with Crippen LogP contribution in [0.3, 0.4) is 0 Å². The van der Waals surface area contributed by atoms with Crippen LogP contribution in [-0.4, -0.2) is 52.0 Å². The van der Waals surface area contributed by atoms with Gasteiger partial charge in [-0.1, -0.05) is 31.7 Å². The summed E-state index contributed by atoms with van der Waals surface area (Å²) in [4.78, 5) is 6.89. The lowest BCUT2D eigenvalue weighted by Gasteiger charge is -2.19. The van der Waals surface area contributed by atoms with Crippen molar-refractivity contribution in [1.82, 2.24) is 14.5 Å². The molecule has 0 saturated carbocycles. The first-order chi connectivity index (χ1) is 18.6. The van der Waals surface area contributed by atoms with Crippen molar-refractivity contribution in [1.29, 1.82) is 0 Å². The number of allylic oxidation sites excluding steroid dienone is 1. The van der Waals surface area contributed by atoms with Gasteiger partial charge in [-0.2, -0.15) is 0 Å². The predicted octanol–water partition coefficient (Wildman–Crippen LogP) is 7.02. The quantitative estimate of drug-likeness (QED) is 0.281. The van der Waals surface area contributed by atoms with E-state index in [0.29, 0.717) is 12.2 Å². The van der Waals surface area contributed by atoms with Crippen LogP contribution in [0.5, 0.6) is 11.5 Å². The topological polar surface area (TPSA) is 50.5 Å². The van der Waals surface area contributed by atoms with Gasteiger partial charge < -0.3 is 14.4 Å². The normalized spacial score (nSPS) is 17.6. The highest BCUT2D eigenvalue weighted by Crippen LogP contribution is 2.41. The minimum absolute atomic E-state index is 0. The number of aromatic nitrogens is 2. The number of halogens is 1. The number of phenolic OH excluding ortho intramolecular Hbond substituents is 1. The SMILES string of the molecule is C.Cn1cnc2cc(C3=C(c4ccc(O[C@H]5CCN(CCCF)C5)cc4)c4ccc(O)cc4CCC3)ccc21. The number of imidazole rings is 1. The zero-order valence-electron chi connectivity index (χ0n) is 21.9. The molecule has 39 heavy (non-hydrogen) atoms. The molecule has 1 saturated heterocycles. The number of phenols is 1. The van der Waals surface area contributed by atoms with E-state index in [2.05, 4.69) is 58.4 Å². The fraction of sp³-hybridized carbons (Fsp3) is 0.364. The van der Waals surface area contributed by atoms with E-state index in [4.69, 9.17) is 4.74 Å². The number of aromatic hydroxyl groups is 1. The Labute approximate surface area is 230 Å². The predicted molar refractivity (Wildman–Crippen MR) is 157 cm³/mol. The lowest BCUT2D eigenvalue weighted by molar-refractivity contribution is 0.198. The van der Waals surface area contributed by atoms with E-state index in [1.807, 2.05) is 24.0 Å². The molecule has 0 amide bonds. The van der Waals surface area contributed by atoms with Crippen LogP contribution in [0.2, 0.25) is 0 Å². The van der Waals surface area contributed by atoms with Crippen LogP contribution in [0.1, 0.15) is 55.4 Å².